The maximum atomic E-state index is 6.02. The number of aliphatic imine (C=N–C) groups is 1. The standard InChI is InChI=1S/C14H21ClN2/c15-13-7-3-4-8-14(16-10-9-13)17-11-5-1-2-6-12-17/h3,7,9H,1-2,4-6,8,10-12H2. The van der Waals surface area contributed by atoms with Crippen molar-refractivity contribution in [2.45, 2.75) is 38.5 Å². The number of halogens is 1. The molecule has 0 unspecified atom stereocenters. The highest BCUT2D eigenvalue weighted by Gasteiger charge is 2.13. The Morgan fingerprint density at radius 2 is 1.88 bits per heavy atom. The van der Waals surface area contributed by atoms with Crippen molar-refractivity contribution in [3.8, 4) is 0 Å². The van der Waals surface area contributed by atoms with Crippen molar-refractivity contribution in [3.05, 3.63) is 23.3 Å². The quantitative estimate of drug-likeness (QED) is 0.641. The fourth-order valence-corrected chi connectivity index (χ4v) is 2.54. The van der Waals surface area contributed by atoms with Crippen molar-refractivity contribution in [1.82, 2.24) is 4.90 Å². The van der Waals surface area contributed by atoms with Gasteiger partial charge in [0.05, 0.1) is 12.4 Å². The predicted octanol–water partition coefficient (Wildman–Crippen LogP) is 3.73. The van der Waals surface area contributed by atoms with Gasteiger partial charge in [-0.25, -0.2) is 0 Å². The maximum absolute atomic E-state index is 6.02. The van der Waals surface area contributed by atoms with Crippen LogP contribution in [-0.2, 0) is 0 Å². The molecule has 17 heavy (non-hydrogen) atoms. The van der Waals surface area contributed by atoms with E-state index in [1.54, 1.807) is 0 Å². The van der Waals surface area contributed by atoms with E-state index in [1.165, 1.54) is 44.6 Å². The minimum Gasteiger partial charge on any atom is -0.360 e. The molecule has 2 nitrogen and oxygen atoms in total. The van der Waals surface area contributed by atoms with E-state index >= 15 is 0 Å². The Labute approximate surface area is 109 Å². The first-order valence-electron chi connectivity index (χ1n) is 6.67. The predicted molar refractivity (Wildman–Crippen MR) is 74.7 cm³/mol. The van der Waals surface area contributed by atoms with Gasteiger partial charge in [-0.1, -0.05) is 30.5 Å². The average molecular weight is 253 g/mol. The summed E-state index contributed by atoms with van der Waals surface area (Å²) in [4.78, 5) is 7.18. The van der Waals surface area contributed by atoms with Crippen LogP contribution in [0.15, 0.2) is 28.3 Å². The molecule has 0 atom stereocenters. The number of likely N-dealkylation sites (tertiary alicyclic amines) is 1. The van der Waals surface area contributed by atoms with Crippen molar-refractivity contribution in [1.29, 1.82) is 0 Å². The smallest absolute Gasteiger partial charge is 0.0995 e. The van der Waals surface area contributed by atoms with E-state index in [4.69, 9.17) is 16.6 Å². The average Bonchev–Trinajstić information content (AvgIpc) is 2.55. The van der Waals surface area contributed by atoms with Gasteiger partial charge in [0, 0.05) is 24.5 Å². The second-order valence-corrected chi connectivity index (χ2v) is 5.12. The van der Waals surface area contributed by atoms with Crippen molar-refractivity contribution >= 4 is 17.4 Å². The van der Waals surface area contributed by atoms with Gasteiger partial charge >= 0.3 is 0 Å². The molecule has 1 fully saturated rings. The number of hydrogen-bond acceptors (Lipinski definition) is 2. The molecule has 0 aliphatic carbocycles. The monoisotopic (exact) mass is 252 g/mol. The third kappa shape index (κ3) is 4.19. The summed E-state index contributed by atoms with van der Waals surface area (Å²) in [5, 5.41) is 0.811. The van der Waals surface area contributed by atoms with E-state index < -0.39 is 0 Å². The van der Waals surface area contributed by atoms with Crippen molar-refractivity contribution < 1.29 is 0 Å². The summed E-state index contributed by atoms with van der Waals surface area (Å²) >= 11 is 6.02. The molecule has 0 radical (unpaired) electrons. The minimum atomic E-state index is 0.717. The van der Waals surface area contributed by atoms with Crippen molar-refractivity contribution in [2.24, 2.45) is 4.99 Å². The van der Waals surface area contributed by atoms with E-state index in [0.29, 0.717) is 0 Å². The zero-order valence-corrected chi connectivity index (χ0v) is 11.1. The zero-order valence-electron chi connectivity index (χ0n) is 10.4. The third-order valence-corrected chi connectivity index (χ3v) is 3.62. The molecule has 0 N–H and O–H groups in total. The van der Waals surface area contributed by atoms with Gasteiger partial charge in [-0.05, 0) is 31.4 Å². The summed E-state index contributed by atoms with van der Waals surface area (Å²) in [6.45, 7) is 3.08. The van der Waals surface area contributed by atoms with Gasteiger partial charge in [0.1, 0.15) is 0 Å². The molecule has 0 spiro atoms. The van der Waals surface area contributed by atoms with E-state index in [-0.39, 0.29) is 0 Å². The van der Waals surface area contributed by atoms with Crippen LogP contribution in [0.1, 0.15) is 38.5 Å². The highest BCUT2D eigenvalue weighted by Crippen LogP contribution is 2.14. The highest BCUT2D eigenvalue weighted by atomic mass is 35.5. The third-order valence-electron chi connectivity index (χ3n) is 3.34. The van der Waals surface area contributed by atoms with Crippen LogP contribution in [0.4, 0.5) is 0 Å². The van der Waals surface area contributed by atoms with Crippen LogP contribution < -0.4 is 0 Å². The molecule has 0 bridgehead atoms. The van der Waals surface area contributed by atoms with Crippen LogP contribution in [0.25, 0.3) is 0 Å². The number of hydrogen-bond donors (Lipinski definition) is 0. The van der Waals surface area contributed by atoms with Crippen LogP contribution >= 0.6 is 11.6 Å². The molecule has 0 saturated carbocycles. The second-order valence-electron chi connectivity index (χ2n) is 4.69. The lowest BCUT2D eigenvalue weighted by Crippen LogP contribution is -2.32. The molecule has 2 heterocycles. The lowest BCUT2D eigenvalue weighted by Gasteiger charge is -2.24. The summed E-state index contributed by atoms with van der Waals surface area (Å²) in [6.07, 6.45) is 13.6. The Balaban J connectivity index is 2.02. The first kappa shape index (κ1) is 12.7. The zero-order chi connectivity index (χ0) is 11.9. The molecule has 0 aromatic rings. The fourth-order valence-electron chi connectivity index (χ4n) is 2.38. The van der Waals surface area contributed by atoms with Crippen LogP contribution in [0.3, 0.4) is 0 Å². The Kier molecular flexibility index (Phi) is 5.11. The summed E-state index contributed by atoms with van der Waals surface area (Å²) in [7, 11) is 0. The molecule has 0 amide bonds. The van der Waals surface area contributed by atoms with Gasteiger partial charge in [-0.15, -0.1) is 0 Å². The topological polar surface area (TPSA) is 15.6 Å². The molecule has 94 valence electrons. The molecule has 2 aliphatic rings. The Bertz CT molecular complexity index is 323. The van der Waals surface area contributed by atoms with Crippen molar-refractivity contribution in [3.63, 3.8) is 0 Å². The first-order chi connectivity index (χ1) is 8.36. The lowest BCUT2D eigenvalue weighted by atomic mass is 10.2. The van der Waals surface area contributed by atoms with Gasteiger partial charge < -0.3 is 4.90 Å². The number of amidine groups is 1. The van der Waals surface area contributed by atoms with Crippen LogP contribution in [0.2, 0.25) is 0 Å². The van der Waals surface area contributed by atoms with Gasteiger partial charge in [-0.3, -0.25) is 4.99 Å². The second kappa shape index (κ2) is 6.85. The fraction of sp³-hybridized carbons (Fsp3) is 0.643. The van der Waals surface area contributed by atoms with Gasteiger partial charge in [0.15, 0.2) is 0 Å². The van der Waals surface area contributed by atoms with Crippen LogP contribution in [0.5, 0.6) is 0 Å². The van der Waals surface area contributed by atoms with Gasteiger partial charge in [-0.2, -0.15) is 0 Å². The van der Waals surface area contributed by atoms with Crippen molar-refractivity contribution in [2.75, 3.05) is 19.6 Å². The van der Waals surface area contributed by atoms with Gasteiger partial charge in [0.2, 0.25) is 0 Å². The minimum absolute atomic E-state index is 0.717. The molecular formula is C14H21ClN2. The molecule has 0 aromatic heterocycles. The number of rotatable bonds is 0. The Morgan fingerprint density at radius 3 is 2.65 bits per heavy atom. The maximum Gasteiger partial charge on any atom is 0.0995 e. The molecule has 2 aliphatic heterocycles. The summed E-state index contributed by atoms with van der Waals surface area (Å²) < 4.78 is 0. The van der Waals surface area contributed by atoms with E-state index in [2.05, 4.69) is 11.0 Å². The Morgan fingerprint density at radius 1 is 1.12 bits per heavy atom. The first-order valence-corrected chi connectivity index (χ1v) is 7.04. The van der Waals surface area contributed by atoms with Gasteiger partial charge in [0.25, 0.3) is 0 Å². The molecule has 1 saturated heterocycles. The molecular weight excluding hydrogens is 232 g/mol. The number of allylic oxidation sites excluding steroid dienone is 3. The van der Waals surface area contributed by atoms with Crippen LogP contribution in [0, 0.1) is 0 Å². The van der Waals surface area contributed by atoms with E-state index in [9.17, 15) is 0 Å². The Hall–Kier alpha value is -0.760. The molecule has 0 aromatic carbocycles. The summed E-state index contributed by atoms with van der Waals surface area (Å²) in [6, 6.07) is 0. The van der Waals surface area contributed by atoms with E-state index in [1.807, 2.05) is 12.2 Å². The molecule has 2 rings (SSSR count). The summed E-state index contributed by atoms with van der Waals surface area (Å²) in [5.41, 5.74) is 0. The summed E-state index contributed by atoms with van der Waals surface area (Å²) in [5.74, 6) is 1.28. The molecule has 3 heteroatoms. The lowest BCUT2D eigenvalue weighted by molar-refractivity contribution is 0.424. The highest BCUT2D eigenvalue weighted by molar-refractivity contribution is 6.31. The SMILES string of the molecule is ClC1=CCN=C(N2CCCCCC2)CCC=C1. The normalized spacial score (nSPS) is 23.0. The van der Waals surface area contributed by atoms with E-state index in [0.717, 1.165) is 24.4 Å². The number of nitrogens with zero attached hydrogens (tertiary/aromatic N) is 2. The largest absolute Gasteiger partial charge is 0.360 e. The van der Waals surface area contributed by atoms with Crippen LogP contribution in [-0.4, -0.2) is 30.4 Å².